The fraction of sp³-hybridized carbons (Fsp3) is 0.833. The molecule has 3 nitrogen and oxygen atoms in total. The zero-order valence-electron chi connectivity index (χ0n) is 11.3. The highest BCUT2D eigenvalue weighted by atomic mass is 28.4. The first-order chi connectivity index (χ1) is 7.43. The lowest BCUT2D eigenvalue weighted by atomic mass is 10.4. The van der Waals surface area contributed by atoms with Crippen molar-refractivity contribution in [3.63, 3.8) is 0 Å². The van der Waals surface area contributed by atoms with Crippen molar-refractivity contribution < 1.29 is 13.6 Å². The van der Waals surface area contributed by atoms with Gasteiger partial charge in [-0.15, -0.1) is 0 Å². The molecular formula is C12H26O3Si. The van der Waals surface area contributed by atoms with Gasteiger partial charge in [-0.3, -0.25) is 0 Å². The molecule has 4 heteroatoms. The van der Waals surface area contributed by atoms with Gasteiger partial charge in [0.1, 0.15) is 0 Å². The molecule has 0 N–H and O–H groups in total. The van der Waals surface area contributed by atoms with Crippen LogP contribution >= 0.6 is 0 Å². The standard InChI is InChI=1S/C12H26O3Si/c1-7-14-16(6,15-8-2)10-12(5)13-9-11(3)4/h12H,3,7-10H2,1-2,4-6H3. The molecule has 0 aliphatic heterocycles. The van der Waals surface area contributed by atoms with Gasteiger partial charge >= 0.3 is 8.56 Å². The molecule has 0 fully saturated rings. The molecule has 0 rings (SSSR count). The summed E-state index contributed by atoms with van der Waals surface area (Å²) in [5.41, 5.74) is 1.04. The van der Waals surface area contributed by atoms with Crippen molar-refractivity contribution in [1.29, 1.82) is 0 Å². The van der Waals surface area contributed by atoms with Crippen molar-refractivity contribution in [1.82, 2.24) is 0 Å². The van der Waals surface area contributed by atoms with Crippen molar-refractivity contribution >= 4 is 8.56 Å². The number of rotatable bonds is 9. The number of hydrogen-bond donors (Lipinski definition) is 0. The number of hydrogen-bond acceptors (Lipinski definition) is 3. The Labute approximate surface area is 101 Å². The molecule has 0 aromatic carbocycles. The molecule has 0 amide bonds. The molecule has 0 aliphatic rings. The molecule has 0 spiro atoms. The molecule has 0 saturated carbocycles. The minimum Gasteiger partial charge on any atom is -0.395 e. The van der Waals surface area contributed by atoms with Crippen LogP contribution in [0.15, 0.2) is 12.2 Å². The predicted molar refractivity (Wildman–Crippen MR) is 69.9 cm³/mol. The molecule has 0 bridgehead atoms. The highest BCUT2D eigenvalue weighted by Gasteiger charge is 2.33. The Balaban J connectivity index is 4.11. The third-order valence-electron chi connectivity index (χ3n) is 2.17. The Kier molecular flexibility index (Phi) is 7.92. The molecule has 96 valence electrons. The van der Waals surface area contributed by atoms with E-state index in [4.69, 9.17) is 13.6 Å². The zero-order valence-corrected chi connectivity index (χ0v) is 12.3. The maximum atomic E-state index is 5.76. The van der Waals surface area contributed by atoms with Gasteiger partial charge in [-0.2, -0.15) is 0 Å². The van der Waals surface area contributed by atoms with Crippen LogP contribution in [0.4, 0.5) is 0 Å². The van der Waals surface area contributed by atoms with E-state index in [-0.39, 0.29) is 6.10 Å². The van der Waals surface area contributed by atoms with Crippen molar-refractivity contribution in [2.75, 3.05) is 19.8 Å². The van der Waals surface area contributed by atoms with Crippen LogP contribution in [0.3, 0.4) is 0 Å². The molecule has 1 unspecified atom stereocenters. The summed E-state index contributed by atoms with van der Waals surface area (Å²) < 4.78 is 17.2. The van der Waals surface area contributed by atoms with E-state index < -0.39 is 8.56 Å². The van der Waals surface area contributed by atoms with E-state index in [0.29, 0.717) is 19.8 Å². The van der Waals surface area contributed by atoms with Crippen LogP contribution in [-0.2, 0) is 13.6 Å². The van der Waals surface area contributed by atoms with Gasteiger partial charge < -0.3 is 13.6 Å². The van der Waals surface area contributed by atoms with Gasteiger partial charge in [-0.1, -0.05) is 12.2 Å². The van der Waals surface area contributed by atoms with Gasteiger partial charge in [-0.25, -0.2) is 0 Å². The minimum atomic E-state index is -2.04. The average Bonchev–Trinajstić information content (AvgIpc) is 2.15. The molecular weight excluding hydrogens is 220 g/mol. The lowest BCUT2D eigenvalue weighted by molar-refractivity contribution is 0.0825. The summed E-state index contributed by atoms with van der Waals surface area (Å²) in [5, 5.41) is 0. The third-order valence-corrected chi connectivity index (χ3v) is 5.29. The molecule has 0 aromatic heterocycles. The van der Waals surface area contributed by atoms with Crippen molar-refractivity contribution in [3.8, 4) is 0 Å². The van der Waals surface area contributed by atoms with Crippen LogP contribution in [-0.4, -0.2) is 34.5 Å². The number of ether oxygens (including phenoxy) is 1. The lowest BCUT2D eigenvalue weighted by Gasteiger charge is -2.28. The Hall–Kier alpha value is -0.163. The Morgan fingerprint density at radius 3 is 2.12 bits per heavy atom. The summed E-state index contributed by atoms with van der Waals surface area (Å²) in [6.07, 6.45) is 0.159. The van der Waals surface area contributed by atoms with Crippen LogP contribution in [0.25, 0.3) is 0 Å². The maximum Gasteiger partial charge on any atom is 0.337 e. The Morgan fingerprint density at radius 2 is 1.75 bits per heavy atom. The minimum absolute atomic E-state index is 0.159. The SMILES string of the molecule is C=C(C)COC(C)C[Si](C)(OCC)OCC. The van der Waals surface area contributed by atoms with Gasteiger partial charge in [0.15, 0.2) is 0 Å². The van der Waals surface area contributed by atoms with Crippen LogP contribution in [0, 0.1) is 0 Å². The molecule has 0 aliphatic carbocycles. The first-order valence-corrected chi connectivity index (χ1v) is 8.49. The average molecular weight is 246 g/mol. The predicted octanol–water partition coefficient (Wildman–Crippen LogP) is 3.11. The van der Waals surface area contributed by atoms with E-state index in [9.17, 15) is 0 Å². The second-order valence-corrected chi connectivity index (χ2v) is 7.54. The Bertz CT molecular complexity index is 200. The molecule has 1 atom stereocenters. The van der Waals surface area contributed by atoms with Crippen LogP contribution in [0.1, 0.15) is 27.7 Å². The molecule has 0 heterocycles. The zero-order chi connectivity index (χ0) is 12.6. The van der Waals surface area contributed by atoms with Gasteiger partial charge in [0.25, 0.3) is 0 Å². The van der Waals surface area contributed by atoms with Crippen molar-refractivity contribution in [3.05, 3.63) is 12.2 Å². The third kappa shape index (κ3) is 7.17. The summed E-state index contributed by atoms with van der Waals surface area (Å²) in [6, 6.07) is 0.863. The van der Waals surface area contributed by atoms with Crippen molar-refractivity contribution in [2.45, 2.75) is 46.4 Å². The van der Waals surface area contributed by atoms with E-state index in [1.807, 2.05) is 20.8 Å². The largest absolute Gasteiger partial charge is 0.395 e. The molecule has 0 radical (unpaired) electrons. The monoisotopic (exact) mass is 246 g/mol. The fourth-order valence-electron chi connectivity index (χ4n) is 1.64. The van der Waals surface area contributed by atoms with Gasteiger partial charge in [0.05, 0.1) is 12.7 Å². The topological polar surface area (TPSA) is 27.7 Å². The fourth-order valence-corrected chi connectivity index (χ4v) is 4.34. The summed E-state index contributed by atoms with van der Waals surface area (Å²) in [7, 11) is -2.04. The van der Waals surface area contributed by atoms with Crippen LogP contribution in [0.5, 0.6) is 0 Å². The van der Waals surface area contributed by atoms with Crippen LogP contribution in [0.2, 0.25) is 12.6 Å². The lowest BCUT2D eigenvalue weighted by Crippen LogP contribution is -2.42. The van der Waals surface area contributed by atoms with E-state index >= 15 is 0 Å². The highest BCUT2D eigenvalue weighted by molar-refractivity contribution is 6.66. The van der Waals surface area contributed by atoms with Gasteiger partial charge in [0, 0.05) is 19.3 Å². The highest BCUT2D eigenvalue weighted by Crippen LogP contribution is 2.18. The summed E-state index contributed by atoms with van der Waals surface area (Å²) in [6.45, 7) is 16.0. The van der Waals surface area contributed by atoms with E-state index in [1.165, 1.54) is 0 Å². The molecule has 0 aromatic rings. The normalized spacial score (nSPS) is 13.8. The summed E-state index contributed by atoms with van der Waals surface area (Å²) >= 11 is 0. The van der Waals surface area contributed by atoms with E-state index in [1.54, 1.807) is 0 Å². The maximum absolute atomic E-state index is 5.76. The first-order valence-electron chi connectivity index (χ1n) is 5.97. The second-order valence-electron chi connectivity index (χ2n) is 4.28. The summed E-state index contributed by atoms with van der Waals surface area (Å²) in [4.78, 5) is 0. The Morgan fingerprint density at radius 1 is 1.25 bits per heavy atom. The quantitative estimate of drug-likeness (QED) is 0.462. The van der Waals surface area contributed by atoms with Crippen LogP contribution < -0.4 is 0 Å². The molecule has 16 heavy (non-hydrogen) atoms. The van der Waals surface area contributed by atoms with Gasteiger partial charge in [-0.05, 0) is 34.2 Å². The van der Waals surface area contributed by atoms with Gasteiger partial charge in [0.2, 0.25) is 0 Å². The summed E-state index contributed by atoms with van der Waals surface area (Å²) in [5.74, 6) is 0. The second kappa shape index (κ2) is 8.01. The smallest absolute Gasteiger partial charge is 0.337 e. The van der Waals surface area contributed by atoms with E-state index in [2.05, 4.69) is 20.0 Å². The first kappa shape index (κ1) is 15.8. The van der Waals surface area contributed by atoms with E-state index in [0.717, 1.165) is 11.6 Å². The van der Waals surface area contributed by atoms with Crippen molar-refractivity contribution in [2.24, 2.45) is 0 Å². The molecule has 0 saturated heterocycles.